The number of nitrogens with one attached hydrogen (secondary N) is 1. The van der Waals surface area contributed by atoms with E-state index >= 15 is 0 Å². The van der Waals surface area contributed by atoms with Crippen LogP contribution in [0.3, 0.4) is 0 Å². The molecule has 4 rings (SSSR count). The third kappa shape index (κ3) is 6.92. The average Bonchev–Trinajstić information content (AvgIpc) is 2.88. The molecule has 0 aliphatic carbocycles. The second-order valence-electron chi connectivity index (χ2n) is 8.56. The first-order valence-corrected chi connectivity index (χ1v) is 11.7. The topological polar surface area (TPSA) is 84.0 Å². The van der Waals surface area contributed by atoms with Gasteiger partial charge in [0.1, 0.15) is 25.0 Å². The first-order chi connectivity index (χ1) is 16.2. The number of hydrogen-bond acceptors (Lipinski definition) is 6. The minimum atomic E-state index is -0.570. The Morgan fingerprint density at radius 1 is 0.939 bits per heavy atom. The van der Waals surface area contributed by atoms with E-state index in [9.17, 15) is 9.59 Å². The van der Waals surface area contributed by atoms with Gasteiger partial charge in [0.25, 0.3) is 0 Å². The van der Waals surface area contributed by atoms with Crippen LogP contribution in [-0.4, -0.2) is 71.7 Å². The fourth-order valence-electron chi connectivity index (χ4n) is 4.48. The van der Waals surface area contributed by atoms with Crippen LogP contribution in [0.2, 0.25) is 0 Å². The summed E-state index contributed by atoms with van der Waals surface area (Å²) in [6, 6.07) is 13.8. The Labute approximate surface area is 194 Å². The average molecular weight is 453 g/mol. The fraction of sp³-hybridized carbons (Fsp3) is 0.480. The Balaban J connectivity index is 1.11. The molecule has 2 amide bonds. The number of rotatable bonds is 7. The molecule has 0 saturated carbocycles. The minimum Gasteiger partial charge on any atom is -0.490 e. The molecule has 0 atom stereocenters. The van der Waals surface area contributed by atoms with Gasteiger partial charge in [0.2, 0.25) is 5.91 Å². The summed E-state index contributed by atoms with van der Waals surface area (Å²) in [4.78, 5) is 32.8. The summed E-state index contributed by atoms with van der Waals surface area (Å²) in [5.41, 5.74) is 0.911. The molecule has 33 heavy (non-hydrogen) atoms. The van der Waals surface area contributed by atoms with E-state index in [2.05, 4.69) is 15.2 Å². The number of aromatic nitrogens is 1. The van der Waals surface area contributed by atoms with Gasteiger partial charge in [0.05, 0.1) is 0 Å². The number of ether oxygens (including phenoxy) is 2. The molecule has 0 spiro atoms. The predicted octanol–water partition coefficient (Wildman–Crippen LogP) is 2.84. The second-order valence-corrected chi connectivity index (χ2v) is 8.56. The summed E-state index contributed by atoms with van der Waals surface area (Å²) in [6.45, 7) is 3.63. The Bertz CT molecular complexity index is 880. The van der Waals surface area contributed by atoms with Gasteiger partial charge in [-0.1, -0.05) is 30.3 Å². The lowest BCUT2D eigenvalue weighted by Crippen LogP contribution is -2.51. The van der Waals surface area contributed by atoms with Crippen LogP contribution in [0.25, 0.3) is 0 Å². The fourth-order valence-corrected chi connectivity index (χ4v) is 4.48. The van der Waals surface area contributed by atoms with Gasteiger partial charge in [-0.25, -0.2) is 4.79 Å². The lowest BCUT2D eigenvalue weighted by molar-refractivity contribution is -0.131. The van der Waals surface area contributed by atoms with E-state index in [4.69, 9.17) is 9.47 Å². The van der Waals surface area contributed by atoms with Crippen molar-refractivity contribution in [3.05, 3.63) is 60.4 Å². The minimum absolute atomic E-state index is 0.0317. The summed E-state index contributed by atoms with van der Waals surface area (Å²) in [6.07, 6.45) is 7.12. The number of hydrogen-bond donors (Lipinski definition) is 1. The summed E-state index contributed by atoms with van der Waals surface area (Å²) in [7, 11) is 0. The first-order valence-electron chi connectivity index (χ1n) is 11.7. The molecule has 1 aromatic heterocycles. The third-order valence-electron chi connectivity index (χ3n) is 6.36. The van der Waals surface area contributed by atoms with Crippen molar-refractivity contribution in [2.75, 3.05) is 32.7 Å². The maximum Gasteiger partial charge on any atom is 0.407 e. The normalized spacial score (nSPS) is 18.0. The molecule has 2 aliphatic rings. The molecule has 0 bridgehead atoms. The number of benzene rings is 1. The molecule has 8 heteroatoms. The molecular formula is C25H32N4O4. The molecule has 0 unspecified atom stereocenters. The number of alkyl carbamates (subject to hydrolysis) is 1. The van der Waals surface area contributed by atoms with Gasteiger partial charge in [-0.15, -0.1) is 0 Å². The van der Waals surface area contributed by atoms with Crippen molar-refractivity contribution in [1.29, 1.82) is 0 Å². The molecule has 2 fully saturated rings. The van der Waals surface area contributed by atoms with E-state index in [0.29, 0.717) is 6.04 Å². The van der Waals surface area contributed by atoms with Crippen LogP contribution < -0.4 is 10.1 Å². The highest BCUT2D eigenvalue weighted by atomic mass is 16.5. The number of piperidine rings is 2. The van der Waals surface area contributed by atoms with Gasteiger partial charge in [0.15, 0.2) is 0 Å². The molecule has 1 N–H and O–H groups in total. The van der Waals surface area contributed by atoms with Crippen LogP contribution in [0, 0.1) is 0 Å². The quantitative estimate of drug-likeness (QED) is 0.696. The van der Waals surface area contributed by atoms with Crippen molar-refractivity contribution in [1.82, 2.24) is 20.1 Å². The molecule has 3 heterocycles. The van der Waals surface area contributed by atoms with E-state index < -0.39 is 6.09 Å². The number of amides is 2. The van der Waals surface area contributed by atoms with Crippen LogP contribution in [0.5, 0.6) is 5.75 Å². The van der Waals surface area contributed by atoms with Crippen LogP contribution >= 0.6 is 0 Å². The smallest absolute Gasteiger partial charge is 0.407 e. The van der Waals surface area contributed by atoms with Crippen molar-refractivity contribution < 1.29 is 19.1 Å². The van der Waals surface area contributed by atoms with Gasteiger partial charge in [0, 0.05) is 44.6 Å². The van der Waals surface area contributed by atoms with Crippen molar-refractivity contribution in [3.8, 4) is 5.75 Å². The van der Waals surface area contributed by atoms with Crippen molar-refractivity contribution in [3.63, 3.8) is 0 Å². The van der Waals surface area contributed by atoms with Crippen LogP contribution in [0.15, 0.2) is 54.9 Å². The van der Waals surface area contributed by atoms with E-state index in [1.165, 1.54) is 0 Å². The molecule has 176 valence electrons. The summed E-state index contributed by atoms with van der Waals surface area (Å²) < 4.78 is 11.2. The summed E-state index contributed by atoms with van der Waals surface area (Å²) in [5.74, 6) is 0.822. The highest BCUT2D eigenvalue weighted by Gasteiger charge is 2.30. The summed E-state index contributed by atoms with van der Waals surface area (Å²) in [5, 5.41) is 2.57. The predicted molar refractivity (Wildman–Crippen MR) is 124 cm³/mol. The zero-order valence-electron chi connectivity index (χ0n) is 18.9. The van der Waals surface area contributed by atoms with Crippen molar-refractivity contribution >= 4 is 12.0 Å². The van der Waals surface area contributed by atoms with Gasteiger partial charge in [-0.3, -0.25) is 14.7 Å². The van der Waals surface area contributed by atoms with E-state index in [1.807, 2.05) is 47.4 Å². The number of likely N-dealkylation sites (tertiary alicyclic amines) is 2. The highest BCUT2D eigenvalue weighted by molar-refractivity contribution is 5.82. The standard InChI is InChI=1S/C25H32N4O4/c30-24(18-27-25(31)32-19-20-4-2-1-3-5-20)29-14-8-21(9-15-29)28-16-10-23(11-17-28)33-22-6-12-26-13-7-22/h1-7,12-13,21,23H,8-11,14-19H2,(H,27,31). The zero-order chi connectivity index (χ0) is 22.9. The van der Waals surface area contributed by atoms with E-state index in [-0.39, 0.29) is 25.2 Å². The molecule has 2 aliphatic heterocycles. The number of nitrogens with zero attached hydrogens (tertiary/aromatic N) is 3. The van der Waals surface area contributed by atoms with Gasteiger partial charge >= 0.3 is 6.09 Å². The Hall–Kier alpha value is -3.13. The van der Waals surface area contributed by atoms with Gasteiger partial charge in [-0.2, -0.15) is 0 Å². The number of pyridine rings is 1. The van der Waals surface area contributed by atoms with E-state index in [1.54, 1.807) is 12.4 Å². The first kappa shape index (κ1) is 23.0. The molecule has 2 aromatic rings. The molecule has 1 aromatic carbocycles. The van der Waals surface area contributed by atoms with Crippen LogP contribution in [0.1, 0.15) is 31.2 Å². The van der Waals surface area contributed by atoms with Crippen molar-refractivity contribution in [2.45, 2.75) is 44.4 Å². The number of carbonyl (C=O) groups excluding carboxylic acids is 2. The molecule has 0 radical (unpaired) electrons. The van der Waals surface area contributed by atoms with Crippen LogP contribution in [0.4, 0.5) is 4.79 Å². The third-order valence-corrected chi connectivity index (χ3v) is 6.36. The van der Waals surface area contributed by atoms with Gasteiger partial charge in [-0.05, 0) is 43.4 Å². The Morgan fingerprint density at radius 3 is 2.33 bits per heavy atom. The largest absolute Gasteiger partial charge is 0.490 e. The monoisotopic (exact) mass is 452 g/mol. The van der Waals surface area contributed by atoms with Gasteiger partial charge < -0.3 is 19.7 Å². The highest BCUT2D eigenvalue weighted by Crippen LogP contribution is 2.23. The maximum atomic E-state index is 12.5. The lowest BCUT2D eigenvalue weighted by Gasteiger charge is -2.41. The SMILES string of the molecule is O=C(NCC(=O)N1CCC(N2CCC(Oc3ccncc3)CC2)CC1)OCc1ccccc1. The summed E-state index contributed by atoms with van der Waals surface area (Å²) >= 11 is 0. The Morgan fingerprint density at radius 2 is 1.64 bits per heavy atom. The number of carbonyl (C=O) groups is 2. The molecular weight excluding hydrogens is 420 g/mol. The molecule has 8 nitrogen and oxygen atoms in total. The maximum absolute atomic E-state index is 12.5. The second kappa shape index (κ2) is 11.7. The van der Waals surface area contributed by atoms with Crippen molar-refractivity contribution in [2.24, 2.45) is 0 Å². The van der Waals surface area contributed by atoms with E-state index in [0.717, 1.165) is 63.2 Å². The Kier molecular flexibility index (Phi) is 8.14. The lowest BCUT2D eigenvalue weighted by atomic mass is 9.98. The molecule has 2 saturated heterocycles. The van der Waals surface area contributed by atoms with Crippen LogP contribution in [-0.2, 0) is 16.1 Å². The zero-order valence-corrected chi connectivity index (χ0v) is 18.9.